The lowest BCUT2D eigenvalue weighted by Gasteiger charge is -2.06. The molecule has 0 fully saturated rings. The van der Waals surface area contributed by atoms with Gasteiger partial charge in [-0.1, -0.05) is 13.8 Å². The van der Waals surface area contributed by atoms with Crippen molar-refractivity contribution in [3.8, 4) is 0 Å². The number of carboxylic acid groups (broad SMARTS) is 1. The molecule has 0 aromatic carbocycles. The van der Waals surface area contributed by atoms with Crippen LogP contribution in [0.5, 0.6) is 0 Å². The Labute approximate surface area is 98.2 Å². The van der Waals surface area contributed by atoms with Crippen molar-refractivity contribution < 1.29 is 18.3 Å². The molecule has 0 saturated carbocycles. The second kappa shape index (κ2) is 4.94. The van der Waals surface area contributed by atoms with E-state index in [0.29, 0.717) is 6.54 Å². The number of nitrogens with one attached hydrogen (secondary N) is 1. The molecule has 1 aromatic heterocycles. The third-order valence-electron chi connectivity index (χ3n) is 1.78. The number of rotatable bonds is 5. The van der Waals surface area contributed by atoms with Gasteiger partial charge in [0, 0.05) is 11.9 Å². The van der Waals surface area contributed by atoms with Gasteiger partial charge < -0.3 is 5.11 Å². The molecule has 0 bridgehead atoms. The van der Waals surface area contributed by atoms with Crippen LogP contribution in [0.25, 0.3) is 0 Å². The topological polar surface area (TPSA) is 83.5 Å². The highest BCUT2D eigenvalue weighted by molar-refractivity contribution is 7.89. The predicted molar refractivity (Wildman–Crippen MR) is 61.3 cm³/mol. The highest BCUT2D eigenvalue weighted by Crippen LogP contribution is 2.19. The minimum absolute atomic E-state index is 0.00977. The van der Waals surface area contributed by atoms with E-state index >= 15 is 0 Å². The molecule has 0 saturated heterocycles. The zero-order valence-corrected chi connectivity index (χ0v) is 10.6. The van der Waals surface area contributed by atoms with Crippen LogP contribution in [0.4, 0.5) is 0 Å². The first-order valence-electron chi connectivity index (χ1n) is 4.64. The molecule has 0 unspecified atom stereocenters. The van der Waals surface area contributed by atoms with Gasteiger partial charge in [-0.2, -0.15) is 0 Å². The molecule has 0 aliphatic carbocycles. The Bertz CT molecular complexity index is 475. The summed E-state index contributed by atoms with van der Waals surface area (Å²) in [6.07, 6.45) is 0. The molecule has 1 heterocycles. The molecular formula is C9H13NO4S2. The average Bonchev–Trinajstić information content (AvgIpc) is 2.64. The van der Waals surface area contributed by atoms with Gasteiger partial charge in [-0.25, -0.2) is 17.9 Å². The molecule has 0 amide bonds. The molecule has 16 heavy (non-hydrogen) atoms. The van der Waals surface area contributed by atoms with E-state index in [2.05, 4.69) is 4.72 Å². The molecule has 1 aromatic rings. The van der Waals surface area contributed by atoms with Crippen LogP contribution < -0.4 is 4.72 Å². The van der Waals surface area contributed by atoms with Gasteiger partial charge in [0.05, 0.1) is 4.90 Å². The Morgan fingerprint density at radius 1 is 1.56 bits per heavy atom. The molecule has 0 aliphatic rings. The van der Waals surface area contributed by atoms with Crippen molar-refractivity contribution in [2.24, 2.45) is 5.92 Å². The van der Waals surface area contributed by atoms with Gasteiger partial charge in [0.15, 0.2) is 0 Å². The fourth-order valence-corrected chi connectivity index (χ4v) is 3.26. The van der Waals surface area contributed by atoms with E-state index in [1.165, 1.54) is 5.38 Å². The standard InChI is InChI=1S/C9H13NO4S2/c1-6(2)4-10-16(13,14)7-3-8(9(11)12)15-5-7/h3,5-6,10H,4H2,1-2H3,(H,11,12). The van der Waals surface area contributed by atoms with Gasteiger partial charge in [0.2, 0.25) is 10.0 Å². The Morgan fingerprint density at radius 2 is 2.19 bits per heavy atom. The fraction of sp³-hybridized carbons (Fsp3) is 0.444. The lowest BCUT2D eigenvalue weighted by Crippen LogP contribution is -2.27. The van der Waals surface area contributed by atoms with E-state index in [-0.39, 0.29) is 15.7 Å². The first-order chi connectivity index (χ1) is 7.33. The Kier molecular flexibility index (Phi) is 4.06. The Morgan fingerprint density at radius 3 is 2.62 bits per heavy atom. The second-order valence-corrected chi connectivity index (χ2v) is 6.38. The summed E-state index contributed by atoms with van der Waals surface area (Å²) < 4.78 is 25.8. The van der Waals surface area contributed by atoms with Crippen LogP contribution >= 0.6 is 11.3 Å². The molecule has 0 spiro atoms. The van der Waals surface area contributed by atoms with E-state index < -0.39 is 16.0 Å². The van der Waals surface area contributed by atoms with Crippen LogP contribution in [0.1, 0.15) is 23.5 Å². The van der Waals surface area contributed by atoms with E-state index in [1.54, 1.807) is 0 Å². The minimum Gasteiger partial charge on any atom is -0.477 e. The number of hydrogen-bond donors (Lipinski definition) is 2. The van der Waals surface area contributed by atoms with Gasteiger partial charge in [-0.3, -0.25) is 0 Å². The largest absolute Gasteiger partial charge is 0.477 e. The predicted octanol–water partition coefficient (Wildman–Crippen LogP) is 1.38. The summed E-state index contributed by atoms with van der Waals surface area (Å²) in [6, 6.07) is 1.16. The van der Waals surface area contributed by atoms with Crippen molar-refractivity contribution in [2.75, 3.05) is 6.54 Å². The minimum atomic E-state index is -3.57. The van der Waals surface area contributed by atoms with Crippen molar-refractivity contribution in [3.63, 3.8) is 0 Å². The SMILES string of the molecule is CC(C)CNS(=O)(=O)c1csc(C(=O)O)c1. The van der Waals surface area contributed by atoms with Crippen LogP contribution in [-0.4, -0.2) is 26.0 Å². The maximum Gasteiger partial charge on any atom is 0.345 e. The van der Waals surface area contributed by atoms with Crippen molar-refractivity contribution >= 4 is 27.3 Å². The zero-order chi connectivity index (χ0) is 12.3. The first-order valence-corrected chi connectivity index (χ1v) is 7.00. The number of hydrogen-bond acceptors (Lipinski definition) is 4. The molecule has 0 atom stereocenters. The van der Waals surface area contributed by atoms with Crippen LogP contribution in [-0.2, 0) is 10.0 Å². The zero-order valence-electron chi connectivity index (χ0n) is 8.93. The van der Waals surface area contributed by atoms with Crippen molar-refractivity contribution in [1.29, 1.82) is 0 Å². The summed E-state index contributed by atoms with van der Waals surface area (Å²) in [5.74, 6) is -0.914. The van der Waals surface area contributed by atoms with E-state index in [1.807, 2.05) is 13.8 Å². The summed E-state index contributed by atoms with van der Waals surface area (Å²) >= 11 is 0.900. The fourth-order valence-electron chi connectivity index (χ4n) is 0.932. The van der Waals surface area contributed by atoms with Gasteiger partial charge in [-0.15, -0.1) is 11.3 Å². The molecule has 90 valence electrons. The third-order valence-corrected chi connectivity index (χ3v) is 4.25. The number of sulfonamides is 1. The highest BCUT2D eigenvalue weighted by Gasteiger charge is 2.18. The molecule has 7 heteroatoms. The summed E-state index contributed by atoms with van der Waals surface area (Å²) in [5.41, 5.74) is 0. The summed E-state index contributed by atoms with van der Waals surface area (Å²) in [7, 11) is -3.57. The quantitative estimate of drug-likeness (QED) is 0.840. The number of aromatic carboxylic acids is 1. The van der Waals surface area contributed by atoms with Crippen LogP contribution in [0.15, 0.2) is 16.3 Å². The maximum absolute atomic E-state index is 11.7. The smallest absolute Gasteiger partial charge is 0.345 e. The second-order valence-electron chi connectivity index (χ2n) is 3.70. The van der Waals surface area contributed by atoms with Crippen LogP contribution in [0.3, 0.4) is 0 Å². The third kappa shape index (κ3) is 3.29. The highest BCUT2D eigenvalue weighted by atomic mass is 32.2. The lowest BCUT2D eigenvalue weighted by atomic mass is 10.2. The molecule has 0 aliphatic heterocycles. The Balaban J connectivity index is 2.86. The number of carboxylic acids is 1. The van der Waals surface area contributed by atoms with Gasteiger partial charge >= 0.3 is 5.97 Å². The molecule has 5 nitrogen and oxygen atoms in total. The van der Waals surface area contributed by atoms with Crippen molar-refractivity contribution in [3.05, 3.63) is 16.3 Å². The van der Waals surface area contributed by atoms with Gasteiger partial charge in [0.1, 0.15) is 4.88 Å². The summed E-state index contributed by atoms with van der Waals surface area (Å²) in [6.45, 7) is 4.11. The monoisotopic (exact) mass is 263 g/mol. The molecule has 0 radical (unpaired) electrons. The molecule has 2 N–H and O–H groups in total. The maximum atomic E-state index is 11.7. The normalized spacial score (nSPS) is 11.9. The number of thiophene rings is 1. The first kappa shape index (κ1) is 13.1. The number of carbonyl (C=O) groups is 1. The van der Waals surface area contributed by atoms with Crippen molar-refractivity contribution in [2.45, 2.75) is 18.7 Å². The van der Waals surface area contributed by atoms with Gasteiger partial charge in [-0.05, 0) is 12.0 Å². The van der Waals surface area contributed by atoms with E-state index in [0.717, 1.165) is 17.4 Å². The summed E-state index contributed by atoms with van der Waals surface area (Å²) in [5, 5.41) is 10.0. The van der Waals surface area contributed by atoms with Gasteiger partial charge in [0.25, 0.3) is 0 Å². The summed E-state index contributed by atoms with van der Waals surface area (Å²) in [4.78, 5) is 10.6. The van der Waals surface area contributed by atoms with E-state index in [9.17, 15) is 13.2 Å². The van der Waals surface area contributed by atoms with Crippen molar-refractivity contribution in [1.82, 2.24) is 4.72 Å². The lowest BCUT2D eigenvalue weighted by molar-refractivity contribution is 0.0702. The van der Waals surface area contributed by atoms with E-state index in [4.69, 9.17) is 5.11 Å². The molecular weight excluding hydrogens is 250 g/mol. The van der Waals surface area contributed by atoms with Crippen LogP contribution in [0, 0.1) is 5.92 Å². The molecule has 1 rings (SSSR count). The van der Waals surface area contributed by atoms with Crippen LogP contribution in [0.2, 0.25) is 0 Å². The average molecular weight is 263 g/mol. The Hall–Kier alpha value is -0.920.